The summed E-state index contributed by atoms with van der Waals surface area (Å²) < 4.78 is 11.0. The summed E-state index contributed by atoms with van der Waals surface area (Å²) in [5.41, 5.74) is 1.74. The Hall–Kier alpha value is -2.93. The lowest BCUT2D eigenvalue weighted by molar-refractivity contribution is -0.142. The fourth-order valence-corrected chi connectivity index (χ4v) is 3.66. The van der Waals surface area contributed by atoms with Crippen LogP contribution >= 0.6 is 11.3 Å². The second-order valence-corrected chi connectivity index (χ2v) is 7.33. The number of esters is 1. The number of carbonyl (C=O) groups is 2. The number of methoxy groups -OCH3 is 1. The van der Waals surface area contributed by atoms with Crippen LogP contribution in [0.4, 0.5) is 5.69 Å². The number of thiazole rings is 1. The number of anilines is 1. The van der Waals surface area contributed by atoms with Crippen molar-refractivity contribution < 1.29 is 19.1 Å². The van der Waals surface area contributed by atoms with Crippen LogP contribution in [0.3, 0.4) is 0 Å². The molecule has 0 fully saturated rings. The van der Waals surface area contributed by atoms with Crippen molar-refractivity contribution in [3.8, 4) is 5.75 Å². The highest BCUT2D eigenvalue weighted by molar-refractivity contribution is 7.18. The minimum Gasteiger partial charge on any atom is -0.482 e. The molecule has 0 aliphatic carbocycles. The zero-order chi connectivity index (χ0) is 19.8. The maximum Gasteiger partial charge on any atom is 0.343 e. The predicted molar refractivity (Wildman–Crippen MR) is 110 cm³/mol. The smallest absolute Gasteiger partial charge is 0.343 e. The van der Waals surface area contributed by atoms with Gasteiger partial charge in [0.2, 0.25) is 5.91 Å². The molecule has 0 saturated heterocycles. The van der Waals surface area contributed by atoms with Crippen molar-refractivity contribution in [2.45, 2.75) is 25.7 Å². The summed E-state index contributed by atoms with van der Waals surface area (Å²) in [6, 6.07) is 15.0. The molecule has 0 radical (unpaired) electrons. The molecule has 1 heterocycles. The summed E-state index contributed by atoms with van der Waals surface area (Å²) in [7, 11) is 1.31. The van der Waals surface area contributed by atoms with Gasteiger partial charge in [-0.05, 0) is 55.7 Å². The van der Waals surface area contributed by atoms with Gasteiger partial charge in [-0.15, -0.1) is 11.3 Å². The topological polar surface area (TPSA) is 77.5 Å². The van der Waals surface area contributed by atoms with Gasteiger partial charge >= 0.3 is 5.97 Å². The monoisotopic (exact) mass is 398 g/mol. The number of hydrogen-bond acceptors (Lipinski definition) is 6. The van der Waals surface area contributed by atoms with E-state index < -0.39 is 5.97 Å². The standard InChI is InChI=1S/C21H22N2O4S/c1-26-21(25)14-27-16-12-10-15(11-13-16)22-19(24)8-4-5-9-20-23-17-6-2-3-7-18(17)28-20/h2-3,6-7,10-13H,4-5,8-9,14H2,1H3,(H,22,24). The third kappa shape index (κ3) is 5.79. The van der Waals surface area contributed by atoms with E-state index in [0.29, 0.717) is 17.9 Å². The Labute approximate surface area is 167 Å². The van der Waals surface area contributed by atoms with Gasteiger partial charge in [0.05, 0.1) is 22.3 Å². The van der Waals surface area contributed by atoms with E-state index in [0.717, 1.165) is 29.8 Å². The number of aryl methyl sites for hydroxylation is 1. The molecule has 146 valence electrons. The van der Waals surface area contributed by atoms with Crippen molar-refractivity contribution in [3.63, 3.8) is 0 Å². The number of fused-ring (bicyclic) bond motifs is 1. The average molecular weight is 398 g/mol. The molecule has 1 amide bonds. The first kappa shape index (κ1) is 19.8. The van der Waals surface area contributed by atoms with Gasteiger partial charge in [-0.3, -0.25) is 4.79 Å². The number of unbranched alkanes of at least 4 members (excludes halogenated alkanes) is 1. The molecule has 0 aliphatic heterocycles. The quantitative estimate of drug-likeness (QED) is 0.432. The van der Waals surface area contributed by atoms with Crippen LogP contribution in [-0.2, 0) is 20.7 Å². The molecule has 1 N–H and O–H groups in total. The van der Waals surface area contributed by atoms with Gasteiger partial charge < -0.3 is 14.8 Å². The van der Waals surface area contributed by atoms with Crippen LogP contribution in [0.25, 0.3) is 10.2 Å². The first-order chi connectivity index (χ1) is 13.6. The molecule has 7 heteroatoms. The van der Waals surface area contributed by atoms with E-state index in [9.17, 15) is 9.59 Å². The summed E-state index contributed by atoms with van der Waals surface area (Å²) in [6.07, 6.45) is 3.08. The van der Waals surface area contributed by atoms with Gasteiger partial charge in [0, 0.05) is 12.1 Å². The van der Waals surface area contributed by atoms with E-state index in [1.807, 2.05) is 18.2 Å². The number of nitrogens with zero attached hydrogens (tertiary/aromatic N) is 1. The van der Waals surface area contributed by atoms with Gasteiger partial charge in [0.15, 0.2) is 6.61 Å². The van der Waals surface area contributed by atoms with Crippen LogP contribution in [0.2, 0.25) is 0 Å². The zero-order valence-corrected chi connectivity index (χ0v) is 16.5. The molecule has 0 atom stereocenters. The molecule has 0 spiro atoms. The molecule has 2 aromatic carbocycles. The van der Waals surface area contributed by atoms with Crippen LogP contribution in [0, 0.1) is 0 Å². The lowest BCUT2D eigenvalue weighted by atomic mass is 10.2. The summed E-state index contributed by atoms with van der Waals surface area (Å²) in [6.45, 7) is -0.142. The molecule has 3 rings (SSSR count). The van der Waals surface area contributed by atoms with Gasteiger partial charge in [0.1, 0.15) is 5.75 Å². The number of amides is 1. The highest BCUT2D eigenvalue weighted by atomic mass is 32.1. The number of hydrogen-bond donors (Lipinski definition) is 1. The van der Waals surface area contributed by atoms with E-state index >= 15 is 0 Å². The molecule has 0 unspecified atom stereocenters. The van der Waals surface area contributed by atoms with Crippen molar-refractivity contribution in [1.82, 2.24) is 4.98 Å². The average Bonchev–Trinajstić information content (AvgIpc) is 3.13. The Balaban J connectivity index is 1.37. The number of aromatic nitrogens is 1. The Morgan fingerprint density at radius 1 is 1.07 bits per heavy atom. The highest BCUT2D eigenvalue weighted by Crippen LogP contribution is 2.23. The van der Waals surface area contributed by atoms with E-state index in [1.54, 1.807) is 35.6 Å². The summed E-state index contributed by atoms with van der Waals surface area (Å²) in [5, 5.41) is 3.98. The number of ether oxygens (including phenoxy) is 2. The summed E-state index contributed by atoms with van der Waals surface area (Å²) in [4.78, 5) is 27.8. The minimum absolute atomic E-state index is 0.0208. The Morgan fingerprint density at radius 2 is 1.86 bits per heavy atom. The number of benzene rings is 2. The third-order valence-corrected chi connectivity index (χ3v) is 5.20. The number of carbonyl (C=O) groups excluding carboxylic acids is 2. The van der Waals surface area contributed by atoms with Crippen LogP contribution in [0.15, 0.2) is 48.5 Å². The van der Waals surface area contributed by atoms with Crippen LogP contribution in [0.1, 0.15) is 24.3 Å². The lowest BCUT2D eigenvalue weighted by Gasteiger charge is -2.07. The fourth-order valence-electron chi connectivity index (χ4n) is 2.65. The van der Waals surface area contributed by atoms with Gasteiger partial charge in [-0.1, -0.05) is 12.1 Å². The molecule has 28 heavy (non-hydrogen) atoms. The lowest BCUT2D eigenvalue weighted by Crippen LogP contribution is -2.13. The predicted octanol–water partition coefficient (Wildman–Crippen LogP) is 4.20. The molecule has 6 nitrogen and oxygen atoms in total. The summed E-state index contributed by atoms with van der Waals surface area (Å²) in [5.74, 6) is 0.0787. The number of rotatable bonds is 9. The van der Waals surface area contributed by atoms with Crippen LogP contribution < -0.4 is 10.1 Å². The SMILES string of the molecule is COC(=O)COc1ccc(NC(=O)CCCCc2nc3ccccc3s2)cc1. The van der Waals surface area contributed by atoms with Crippen molar-refractivity contribution >= 4 is 39.1 Å². The maximum atomic E-state index is 12.1. The third-order valence-electron chi connectivity index (χ3n) is 4.11. The molecule has 3 aromatic rings. The summed E-state index contributed by atoms with van der Waals surface area (Å²) >= 11 is 1.71. The highest BCUT2D eigenvalue weighted by Gasteiger charge is 2.06. The fraction of sp³-hybridized carbons (Fsp3) is 0.286. The second-order valence-electron chi connectivity index (χ2n) is 6.22. The van der Waals surface area contributed by atoms with E-state index in [1.165, 1.54) is 11.8 Å². The number of para-hydroxylation sites is 1. The molecule has 0 bridgehead atoms. The van der Waals surface area contributed by atoms with Crippen LogP contribution in [0.5, 0.6) is 5.75 Å². The maximum absolute atomic E-state index is 12.1. The molecular formula is C21H22N2O4S. The molecule has 0 saturated carbocycles. The van der Waals surface area contributed by atoms with Crippen molar-refractivity contribution in [1.29, 1.82) is 0 Å². The van der Waals surface area contributed by atoms with E-state index in [4.69, 9.17) is 4.74 Å². The van der Waals surface area contributed by atoms with Gasteiger partial charge in [-0.25, -0.2) is 9.78 Å². The van der Waals surface area contributed by atoms with E-state index in [2.05, 4.69) is 21.1 Å². The Morgan fingerprint density at radius 3 is 2.61 bits per heavy atom. The molecule has 0 aliphatic rings. The molecule has 1 aromatic heterocycles. The first-order valence-corrected chi connectivity index (χ1v) is 9.89. The van der Waals surface area contributed by atoms with Crippen molar-refractivity contribution in [2.24, 2.45) is 0 Å². The molecular weight excluding hydrogens is 376 g/mol. The Kier molecular flexibility index (Phi) is 6.97. The minimum atomic E-state index is -0.441. The second kappa shape index (κ2) is 9.85. The number of nitrogens with one attached hydrogen (secondary N) is 1. The van der Waals surface area contributed by atoms with Gasteiger partial charge in [-0.2, -0.15) is 0 Å². The van der Waals surface area contributed by atoms with Crippen molar-refractivity contribution in [3.05, 3.63) is 53.5 Å². The van der Waals surface area contributed by atoms with Crippen molar-refractivity contribution in [2.75, 3.05) is 19.0 Å². The largest absolute Gasteiger partial charge is 0.482 e. The van der Waals surface area contributed by atoms with Gasteiger partial charge in [0.25, 0.3) is 0 Å². The Bertz CT molecular complexity index is 904. The first-order valence-electron chi connectivity index (χ1n) is 9.08. The van der Waals surface area contributed by atoms with Crippen LogP contribution in [-0.4, -0.2) is 30.6 Å². The zero-order valence-electron chi connectivity index (χ0n) is 15.6. The normalized spacial score (nSPS) is 10.6. The van der Waals surface area contributed by atoms with E-state index in [-0.39, 0.29) is 12.5 Å².